The number of benzene rings is 1. The van der Waals surface area contributed by atoms with Gasteiger partial charge in [0.05, 0.1) is 0 Å². The number of ether oxygens (including phenoxy) is 1. The molecular formula is C13H14FN3O. The third-order valence-electron chi connectivity index (χ3n) is 2.44. The topological polar surface area (TPSA) is 61.0 Å². The Balaban J connectivity index is 2.14. The lowest BCUT2D eigenvalue weighted by Gasteiger charge is -2.13. The quantitative estimate of drug-likeness (QED) is 0.899. The SMILES string of the molecule is C[C@@H](N)c1cc(F)ccc1OCc1ncccn1. The third-order valence-corrected chi connectivity index (χ3v) is 2.44. The van der Waals surface area contributed by atoms with Crippen molar-refractivity contribution in [2.45, 2.75) is 19.6 Å². The fourth-order valence-corrected chi connectivity index (χ4v) is 1.55. The van der Waals surface area contributed by atoms with E-state index in [0.717, 1.165) is 0 Å². The molecule has 2 aromatic rings. The van der Waals surface area contributed by atoms with E-state index >= 15 is 0 Å². The van der Waals surface area contributed by atoms with Crippen LogP contribution in [0.2, 0.25) is 0 Å². The maximum atomic E-state index is 13.1. The molecule has 0 saturated heterocycles. The smallest absolute Gasteiger partial charge is 0.166 e. The first-order valence-corrected chi connectivity index (χ1v) is 5.60. The Hall–Kier alpha value is -2.01. The first-order valence-electron chi connectivity index (χ1n) is 5.60. The average Bonchev–Trinajstić information content (AvgIpc) is 2.38. The molecule has 2 rings (SSSR count). The number of rotatable bonds is 4. The highest BCUT2D eigenvalue weighted by molar-refractivity contribution is 5.36. The Morgan fingerprint density at radius 3 is 2.72 bits per heavy atom. The van der Waals surface area contributed by atoms with E-state index in [1.165, 1.54) is 12.1 Å². The molecule has 1 atom stereocenters. The summed E-state index contributed by atoms with van der Waals surface area (Å²) in [6.45, 7) is 2.01. The molecule has 5 heteroatoms. The fourth-order valence-electron chi connectivity index (χ4n) is 1.55. The number of nitrogens with two attached hydrogens (primary N) is 1. The van der Waals surface area contributed by atoms with Crippen molar-refractivity contribution in [3.63, 3.8) is 0 Å². The highest BCUT2D eigenvalue weighted by Crippen LogP contribution is 2.25. The number of nitrogens with zero attached hydrogens (tertiary/aromatic N) is 2. The molecule has 0 aliphatic carbocycles. The monoisotopic (exact) mass is 247 g/mol. The summed E-state index contributed by atoms with van der Waals surface area (Å²) < 4.78 is 18.7. The van der Waals surface area contributed by atoms with Gasteiger partial charge in [0, 0.05) is 24.0 Å². The van der Waals surface area contributed by atoms with Crippen molar-refractivity contribution in [2.75, 3.05) is 0 Å². The average molecular weight is 247 g/mol. The van der Waals surface area contributed by atoms with Crippen molar-refractivity contribution in [3.8, 4) is 5.75 Å². The molecule has 0 aliphatic rings. The van der Waals surface area contributed by atoms with Crippen molar-refractivity contribution in [1.82, 2.24) is 9.97 Å². The molecule has 0 radical (unpaired) electrons. The Morgan fingerprint density at radius 1 is 1.33 bits per heavy atom. The molecule has 0 saturated carbocycles. The van der Waals surface area contributed by atoms with Gasteiger partial charge in [-0.15, -0.1) is 0 Å². The number of hydrogen-bond donors (Lipinski definition) is 1. The summed E-state index contributed by atoms with van der Waals surface area (Å²) in [5, 5.41) is 0. The molecule has 94 valence electrons. The molecule has 18 heavy (non-hydrogen) atoms. The van der Waals surface area contributed by atoms with Crippen molar-refractivity contribution < 1.29 is 9.13 Å². The maximum absolute atomic E-state index is 13.1. The Morgan fingerprint density at radius 2 is 2.06 bits per heavy atom. The molecule has 0 fully saturated rings. The largest absolute Gasteiger partial charge is 0.485 e. The van der Waals surface area contributed by atoms with Crippen molar-refractivity contribution in [3.05, 3.63) is 53.9 Å². The number of hydrogen-bond acceptors (Lipinski definition) is 4. The molecule has 0 spiro atoms. The molecule has 1 heterocycles. The van der Waals surface area contributed by atoms with Gasteiger partial charge in [0.25, 0.3) is 0 Å². The van der Waals surface area contributed by atoms with Gasteiger partial charge in [-0.05, 0) is 31.2 Å². The van der Waals surface area contributed by atoms with Crippen LogP contribution < -0.4 is 10.5 Å². The summed E-state index contributed by atoms with van der Waals surface area (Å²) >= 11 is 0. The van der Waals surface area contributed by atoms with Crippen LogP contribution >= 0.6 is 0 Å². The Labute approximate surface area is 105 Å². The van der Waals surface area contributed by atoms with Gasteiger partial charge < -0.3 is 10.5 Å². The predicted octanol–water partition coefficient (Wildman–Crippen LogP) is 2.21. The highest BCUT2D eigenvalue weighted by atomic mass is 19.1. The van der Waals surface area contributed by atoms with Gasteiger partial charge in [0.2, 0.25) is 0 Å². The zero-order valence-corrected chi connectivity index (χ0v) is 10.0. The van der Waals surface area contributed by atoms with Gasteiger partial charge in [-0.2, -0.15) is 0 Å². The lowest BCUT2D eigenvalue weighted by Crippen LogP contribution is -2.09. The van der Waals surface area contributed by atoms with Crippen LogP contribution in [-0.4, -0.2) is 9.97 Å². The summed E-state index contributed by atoms with van der Waals surface area (Å²) in [4.78, 5) is 8.09. The molecule has 1 aromatic carbocycles. The first-order chi connectivity index (χ1) is 8.66. The van der Waals surface area contributed by atoms with Crippen molar-refractivity contribution >= 4 is 0 Å². The van der Waals surface area contributed by atoms with Crippen LogP contribution in [0.25, 0.3) is 0 Å². The second kappa shape index (κ2) is 5.55. The van der Waals surface area contributed by atoms with Gasteiger partial charge in [0.1, 0.15) is 18.2 Å². The maximum Gasteiger partial charge on any atom is 0.166 e. The predicted molar refractivity (Wildman–Crippen MR) is 65.4 cm³/mol. The minimum atomic E-state index is -0.328. The van der Waals surface area contributed by atoms with Crippen LogP contribution in [0.5, 0.6) is 5.75 Å². The van der Waals surface area contributed by atoms with E-state index in [1.807, 2.05) is 0 Å². The van der Waals surface area contributed by atoms with Gasteiger partial charge in [-0.25, -0.2) is 14.4 Å². The van der Waals surface area contributed by atoms with E-state index in [2.05, 4.69) is 9.97 Å². The van der Waals surface area contributed by atoms with Crippen LogP contribution in [0, 0.1) is 5.82 Å². The van der Waals surface area contributed by atoms with Crippen LogP contribution in [0.15, 0.2) is 36.7 Å². The summed E-state index contributed by atoms with van der Waals surface area (Å²) in [5.41, 5.74) is 6.40. The zero-order chi connectivity index (χ0) is 13.0. The number of aromatic nitrogens is 2. The van der Waals surface area contributed by atoms with E-state index in [1.54, 1.807) is 31.5 Å². The zero-order valence-electron chi connectivity index (χ0n) is 10.0. The highest BCUT2D eigenvalue weighted by Gasteiger charge is 2.10. The molecule has 4 nitrogen and oxygen atoms in total. The van der Waals surface area contributed by atoms with Gasteiger partial charge >= 0.3 is 0 Å². The normalized spacial score (nSPS) is 12.2. The van der Waals surface area contributed by atoms with E-state index < -0.39 is 0 Å². The van der Waals surface area contributed by atoms with E-state index in [9.17, 15) is 4.39 Å². The van der Waals surface area contributed by atoms with E-state index in [0.29, 0.717) is 17.1 Å². The fraction of sp³-hybridized carbons (Fsp3) is 0.231. The van der Waals surface area contributed by atoms with Crippen LogP contribution in [0.3, 0.4) is 0 Å². The molecule has 0 aliphatic heterocycles. The van der Waals surface area contributed by atoms with Crippen LogP contribution in [0.1, 0.15) is 24.4 Å². The van der Waals surface area contributed by atoms with Crippen LogP contribution in [0.4, 0.5) is 4.39 Å². The molecular weight excluding hydrogens is 233 g/mol. The van der Waals surface area contributed by atoms with Crippen molar-refractivity contribution in [2.24, 2.45) is 5.73 Å². The summed E-state index contributed by atoms with van der Waals surface area (Å²) in [5.74, 6) is 0.793. The van der Waals surface area contributed by atoms with E-state index in [4.69, 9.17) is 10.5 Å². The van der Waals surface area contributed by atoms with Crippen LogP contribution in [-0.2, 0) is 6.61 Å². The van der Waals surface area contributed by atoms with E-state index in [-0.39, 0.29) is 18.5 Å². The lowest BCUT2D eigenvalue weighted by molar-refractivity contribution is 0.291. The standard InChI is InChI=1S/C13H14FN3O/c1-9(15)11-7-10(14)3-4-12(11)18-8-13-16-5-2-6-17-13/h2-7,9H,8,15H2,1H3/t9-/m1/s1. The Kier molecular flexibility index (Phi) is 3.84. The second-order valence-electron chi connectivity index (χ2n) is 3.92. The summed E-state index contributed by atoms with van der Waals surface area (Å²) in [6.07, 6.45) is 3.28. The molecule has 2 N–H and O–H groups in total. The summed E-state index contributed by atoms with van der Waals surface area (Å²) in [6, 6.07) is 5.72. The minimum absolute atomic E-state index is 0.228. The van der Waals surface area contributed by atoms with Crippen molar-refractivity contribution in [1.29, 1.82) is 0 Å². The second-order valence-corrected chi connectivity index (χ2v) is 3.92. The van der Waals surface area contributed by atoms with Gasteiger partial charge in [-0.3, -0.25) is 0 Å². The number of halogens is 1. The molecule has 1 aromatic heterocycles. The molecule has 0 unspecified atom stereocenters. The summed E-state index contributed by atoms with van der Waals surface area (Å²) in [7, 11) is 0. The minimum Gasteiger partial charge on any atom is -0.485 e. The third kappa shape index (κ3) is 3.01. The first kappa shape index (κ1) is 12.4. The molecule has 0 amide bonds. The van der Waals surface area contributed by atoms with Gasteiger partial charge in [-0.1, -0.05) is 0 Å². The lowest BCUT2D eigenvalue weighted by atomic mass is 10.1. The Bertz CT molecular complexity index is 517. The molecule has 0 bridgehead atoms. The van der Waals surface area contributed by atoms with Gasteiger partial charge in [0.15, 0.2) is 5.82 Å².